The molecule has 1 unspecified atom stereocenters. The molecule has 1 atom stereocenters. The van der Waals surface area contributed by atoms with Crippen molar-refractivity contribution in [1.82, 2.24) is 0 Å². The van der Waals surface area contributed by atoms with Gasteiger partial charge in [-0.2, -0.15) is 0 Å². The molecule has 1 heteroatoms. The van der Waals surface area contributed by atoms with E-state index in [0.29, 0.717) is 11.7 Å². The van der Waals surface area contributed by atoms with Gasteiger partial charge in [0, 0.05) is 10.8 Å². The molecule has 0 aliphatic rings. The molecule has 0 bridgehead atoms. The number of hydrogen-bond donors (Lipinski definition) is 0. The van der Waals surface area contributed by atoms with Crippen LogP contribution in [-0.2, 0) is 4.79 Å². The van der Waals surface area contributed by atoms with E-state index in [1.54, 1.807) is 0 Å². The molecule has 0 spiro atoms. The van der Waals surface area contributed by atoms with Gasteiger partial charge in [0.25, 0.3) is 0 Å². The van der Waals surface area contributed by atoms with Crippen LogP contribution in [0.5, 0.6) is 0 Å². The van der Waals surface area contributed by atoms with Crippen LogP contribution in [0.25, 0.3) is 0 Å². The minimum atomic E-state index is -0.215. The van der Waals surface area contributed by atoms with Crippen LogP contribution in [0, 0.1) is 16.7 Å². The fourth-order valence-electron chi connectivity index (χ4n) is 1.70. The van der Waals surface area contributed by atoms with Crippen molar-refractivity contribution < 1.29 is 4.79 Å². The number of Topliss-reactive ketones (excluding diaryl/α,β-unsaturated/α-hetero) is 1. The third-order valence-electron chi connectivity index (χ3n) is 3.11. The molecule has 1 nitrogen and oxygen atoms in total. The molecular formula is C12H24O. The highest BCUT2D eigenvalue weighted by Crippen LogP contribution is 2.36. The summed E-state index contributed by atoms with van der Waals surface area (Å²) in [7, 11) is 0. The Labute approximate surface area is 82.9 Å². The molecule has 78 valence electrons. The summed E-state index contributed by atoms with van der Waals surface area (Å²) in [6, 6.07) is 0. The van der Waals surface area contributed by atoms with Crippen molar-refractivity contribution in [2.45, 2.75) is 54.9 Å². The summed E-state index contributed by atoms with van der Waals surface area (Å²) >= 11 is 0. The second-order valence-electron chi connectivity index (χ2n) is 5.61. The van der Waals surface area contributed by atoms with E-state index in [4.69, 9.17) is 0 Å². The second kappa shape index (κ2) is 3.81. The molecule has 13 heavy (non-hydrogen) atoms. The molecule has 0 rings (SSSR count). The summed E-state index contributed by atoms with van der Waals surface area (Å²) in [6.45, 7) is 14.4. The highest BCUT2D eigenvalue weighted by atomic mass is 16.1. The molecule has 0 aromatic heterocycles. The molecule has 0 amide bonds. The van der Waals surface area contributed by atoms with Crippen LogP contribution in [0.1, 0.15) is 54.9 Å². The van der Waals surface area contributed by atoms with Gasteiger partial charge in [-0.1, -0.05) is 54.9 Å². The van der Waals surface area contributed by atoms with Gasteiger partial charge in [-0.15, -0.1) is 0 Å². The summed E-state index contributed by atoms with van der Waals surface area (Å²) < 4.78 is 0. The predicted octanol–water partition coefficient (Wildman–Crippen LogP) is 3.67. The normalized spacial score (nSPS) is 15.6. The Bertz CT molecular complexity index is 184. The lowest BCUT2D eigenvalue weighted by atomic mass is 9.67. The molecule has 0 aromatic rings. The third kappa shape index (κ3) is 2.82. The lowest BCUT2D eigenvalue weighted by molar-refractivity contribution is -0.137. The van der Waals surface area contributed by atoms with Gasteiger partial charge in [0.1, 0.15) is 5.78 Å². The fraction of sp³-hybridized carbons (Fsp3) is 0.917. The van der Waals surface area contributed by atoms with Crippen LogP contribution in [-0.4, -0.2) is 5.78 Å². The van der Waals surface area contributed by atoms with Gasteiger partial charge in [-0.3, -0.25) is 4.79 Å². The highest BCUT2D eigenvalue weighted by molar-refractivity contribution is 5.88. The lowest BCUT2D eigenvalue weighted by Crippen LogP contribution is -2.39. The molecular weight excluding hydrogens is 160 g/mol. The van der Waals surface area contributed by atoms with Gasteiger partial charge in [0.15, 0.2) is 0 Å². The van der Waals surface area contributed by atoms with Gasteiger partial charge < -0.3 is 0 Å². The van der Waals surface area contributed by atoms with E-state index >= 15 is 0 Å². The molecule has 0 N–H and O–H groups in total. The third-order valence-corrected chi connectivity index (χ3v) is 3.11. The van der Waals surface area contributed by atoms with E-state index in [1.165, 1.54) is 0 Å². The van der Waals surface area contributed by atoms with Gasteiger partial charge in [0.2, 0.25) is 0 Å². The predicted molar refractivity (Wildman–Crippen MR) is 57.7 cm³/mol. The van der Waals surface area contributed by atoms with Crippen molar-refractivity contribution in [1.29, 1.82) is 0 Å². The smallest absolute Gasteiger partial charge is 0.144 e. The van der Waals surface area contributed by atoms with E-state index in [2.05, 4.69) is 27.7 Å². The Kier molecular flexibility index (Phi) is 3.71. The lowest BCUT2D eigenvalue weighted by Gasteiger charge is -2.35. The zero-order valence-corrected chi connectivity index (χ0v) is 10.2. The number of ketones is 1. The Morgan fingerprint density at radius 3 is 1.77 bits per heavy atom. The SMILES string of the molecule is CCC(C)C(C)(C)C(=O)C(C)(C)C. The van der Waals surface area contributed by atoms with Crippen molar-refractivity contribution in [3.63, 3.8) is 0 Å². The highest BCUT2D eigenvalue weighted by Gasteiger charge is 2.38. The Hall–Kier alpha value is -0.330. The zero-order valence-electron chi connectivity index (χ0n) is 10.2. The van der Waals surface area contributed by atoms with Crippen LogP contribution in [0.2, 0.25) is 0 Å². The van der Waals surface area contributed by atoms with Crippen LogP contribution >= 0.6 is 0 Å². The molecule has 0 aliphatic carbocycles. The largest absolute Gasteiger partial charge is 0.299 e. The van der Waals surface area contributed by atoms with Crippen LogP contribution in [0.4, 0.5) is 0 Å². The van der Waals surface area contributed by atoms with E-state index < -0.39 is 0 Å². The average Bonchev–Trinajstić information content (AvgIpc) is 1.99. The van der Waals surface area contributed by atoms with Gasteiger partial charge in [-0.25, -0.2) is 0 Å². The molecule has 0 saturated heterocycles. The summed E-state index contributed by atoms with van der Waals surface area (Å²) in [4.78, 5) is 12.1. The Morgan fingerprint density at radius 1 is 1.15 bits per heavy atom. The number of carbonyl (C=O) groups is 1. The molecule has 0 heterocycles. The first-order valence-corrected chi connectivity index (χ1v) is 5.19. The average molecular weight is 184 g/mol. The minimum Gasteiger partial charge on any atom is -0.299 e. The van der Waals surface area contributed by atoms with Gasteiger partial charge in [0.05, 0.1) is 0 Å². The zero-order chi connectivity index (χ0) is 10.9. The van der Waals surface area contributed by atoms with Crippen LogP contribution in [0.3, 0.4) is 0 Å². The van der Waals surface area contributed by atoms with Crippen LogP contribution in [0.15, 0.2) is 0 Å². The van der Waals surface area contributed by atoms with E-state index in [9.17, 15) is 4.79 Å². The fourth-order valence-corrected chi connectivity index (χ4v) is 1.70. The minimum absolute atomic E-state index is 0.188. The van der Waals surface area contributed by atoms with E-state index in [-0.39, 0.29) is 10.8 Å². The number of carbonyl (C=O) groups excluding carboxylic acids is 1. The molecule has 0 aromatic carbocycles. The Balaban J connectivity index is 4.74. The van der Waals surface area contributed by atoms with Crippen molar-refractivity contribution in [2.75, 3.05) is 0 Å². The summed E-state index contributed by atoms with van der Waals surface area (Å²) in [5.74, 6) is 0.827. The molecule has 0 fully saturated rings. The quantitative estimate of drug-likeness (QED) is 0.654. The van der Waals surface area contributed by atoms with Crippen molar-refractivity contribution in [3.05, 3.63) is 0 Å². The maximum atomic E-state index is 12.1. The van der Waals surface area contributed by atoms with Gasteiger partial charge >= 0.3 is 0 Å². The van der Waals surface area contributed by atoms with Gasteiger partial charge in [-0.05, 0) is 5.92 Å². The summed E-state index contributed by atoms with van der Waals surface area (Å²) in [6.07, 6.45) is 1.06. The monoisotopic (exact) mass is 184 g/mol. The molecule has 0 aliphatic heterocycles. The van der Waals surface area contributed by atoms with E-state index in [0.717, 1.165) is 6.42 Å². The Morgan fingerprint density at radius 2 is 1.54 bits per heavy atom. The topological polar surface area (TPSA) is 17.1 Å². The first-order chi connectivity index (χ1) is 5.64. The van der Waals surface area contributed by atoms with Crippen molar-refractivity contribution in [2.24, 2.45) is 16.7 Å². The second-order valence-corrected chi connectivity index (χ2v) is 5.61. The number of rotatable bonds is 3. The summed E-state index contributed by atoms with van der Waals surface area (Å²) in [5, 5.41) is 0. The van der Waals surface area contributed by atoms with Crippen molar-refractivity contribution >= 4 is 5.78 Å². The maximum absolute atomic E-state index is 12.1. The summed E-state index contributed by atoms with van der Waals surface area (Å²) in [5.41, 5.74) is -0.403. The first-order valence-electron chi connectivity index (χ1n) is 5.19. The standard InChI is InChI=1S/C12H24O/c1-8-9(2)12(6,7)10(13)11(3,4)5/h9H,8H2,1-7H3. The van der Waals surface area contributed by atoms with Crippen molar-refractivity contribution in [3.8, 4) is 0 Å². The number of hydrogen-bond acceptors (Lipinski definition) is 1. The maximum Gasteiger partial charge on any atom is 0.144 e. The first kappa shape index (κ1) is 12.7. The van der Waals surface area contributed by atoms with E-state index in [1.807, 2.05) is 20.8 Å². The molecule has 0 saturated carbocycles. The van der Waals surface area contributed by atoms with Crippen LogP contribution < -0.4 is 0 Å². The molecule has 0 radical (unpaired) electrons.